The average molecular weight is 295 g/mol. The fourth-order valence-corrected chi connectivity index (χ4v) is 3.64. The maximum absolute atomic E-state index is 12.2. The second kappa shape index (κ2) is 7.74. The molecular weight excluding hydrogens is 270 g/mol. The molecule has 112 valence electrons. The molecule has 2 unspecified atom stereocenters. The summed E-state index contributed by atoms with van der Waals surface area (Å²) in [6.07, 6.45) is 5.70. The Labute approximate surface area is 125 Å². The fourth-order valence-electron chi connectivity index (χ4n) is 2.87. The summed E-state index contributed by atoms with van der Waals surface area (Å²) in [7, 11) is 0. The van der Waals surface area contributed by atoms with E-state index < -0.39 is 0 Å². The third-order valence-corrected chi connectivity index (χ3v) is 5.08. The van der Waals surface area contributed by atoms with E-state index in [1.165, 1.54) is 12.8 Å². The van der Waals surface area contributed by atoms with Crippen molar-refractivity contribution in [2.45, 2.75) is 45.6 Å². The molecule has 20 heavy (non-hydrogen) atoms. The molecule has 1 aliphatic heterocycles. The van der Waals surface area contributed by atoms with Gasteiger partial charge in [0.25, 0.3) is 0 Å². The quantitative estimate of drug-likeness (QED) is 0.848. The first-order valence-electron chi connectivity index (χ1n) is 7.60. The highest BCUT2D eigenvalue weighted by molar-refractivity contribution is 7.09. The van der Waals surface area contributed by atoms with Gasteiger partial charge < -0.3 is 10.6 Å². The number of nitrogens with zero attached hydrogens (tertiary/aromatic N) is 1. The minimum atomic E-state index is 0.0720. The third kappa shape index (κ3) is 4.28. The first-order chi connectivity index (χ1) is 9.70. The van der Waals surface area contributed by atoms with Crippen molar-refractivity contribution in [3.05, 3.63) is 16.6 Å². The highest BCUT2D eigenvalue weighted by atomic mass is 32.1. The Hall–Kier alpha value is -0.940. The number of piperidine rings is 1. The highest BCUT2D eigenvalue weighted by Crippen LogP contribution is 2.25. The second-order valence-electron chi connectivity index (χ2n) is 5.67. The standard InChI is InChI=1S/C15H25N3OS/c1-3-13(15-17-8-9-20-15)18-14(19)10-11(2)12-4-6-16-7-5-12/h8-9,11-13,16H,3-7,10H2,1-2H3,(H,18,19). The van der Waals surface area contributed by atoms with Gasteiger partial charge in [0.2, 0.25) is 5.91 Å². The molecule has 2 atom stereocenters. The lowest BCUT2D eigenvalue weighted by atomic mass is 9.84. The summed E-state index contributed by atoms with van der Waals surface area (Å²) in [5, 5.41) is 9.48. The average Bonchev–Trinajstić information content (AvgIpc) is 2.99. The lowest BCUT2D eigenvalue weighted by molar-refractivity contribution is -0.123. The van der Waals surface area contributed by atoms with E-state index in [2.05, 4.69) is 29.5 Å². The second-order valence-corrected chi connectivity index (χ2v) is 6.59. The molecule has 0 spiro atoms. The number of thiazole rings is 1. The Morgan fingerprint density at radius 2 is 2.30 bits per heavy atom. The van der Waals surface area contributed by atoms with E-state index in [9.17, 15) is 4.79 Å². The minimum absolute atomic E-state index is 0.0720. The SMILES string of the molecule is CCC(NC(=O)CC(C)C1CCNCC1)c1nccs1. The summed E-state index contributed by atoms with van der Waals surface area (Å²) in [6, 6.07) is 0.0720. The summed E-state index contributed by atoms with van der Waals surface area (Å²) in [5.74, 6) is 1.31. The molecule has 0 bridgehead atoms. The zero-order chi connectivity index (χ0) is 14.4. The predicted molar refractivity (Wildman–Crippen MR) is 82.7 cm³/mol. The van der Waals surface area contributed by atoms with E-state index in [0.29, 0.717) is 18.3 Å². The number of rotatable bonds is 6. The molecular formula is C15H25N3OS. The van der Waals surface area contributed by atoms with Gasteiger partial charge >= 0.3 is 0 Å². The lowest BCUT2D eigenvalue weighted by Gasteiger charge is -2.28. The molecule has 1 aromatic rings. The van der Waals surface area contributed by atoms with Crippen LogP contribution in [-0.4, -0.2) is 24.0 Å². The predicted octanol–water partition coefficient (Wildman–Crippen LogP) is 2.74. The molecule has 2 rings (SSSR count). The number of hydrogen-bond donors (Lipinski definition) is 2. The summed E-state index contributed by atoms with van der Waals surface area (Å²) >= 11 is 1.61. The van der Waals surface area contributed by atoms with Gasteiger partial charge in [0, 0.05) is 18.0 Å². The molecule has 2 N–H and O–H groups in total. The zero-order valence-corrected chi connectivity index (χ0v) is 13.2. The van der Waals surface area contributed by atoms with Crippen LogP contribution in [0.3, 0.4) is 0 Å². The summed E-state index contributed by atoms with van der Waals surface area (Å²) in [5.41, 5.74) is 0. The number of hydrogen-bond acceptors (Lipinski definition) is 4. The topological polar surface area (TPSA) is 54.0 Å². The van der Waals surface area contributed by atoms with Gasteiger partial charge in [-0.2, -0.15) is 0 Å². The first-order valence-corrected chi connectivity index (χ1v) is 8.48. The molecule has 1 saturated heterocycles. The Kier molecular flexibility index (Phi) is 5.98. The summed E-state index contributed by atoms with van der Waals surface area (Å²) in [4.78, 5) is 16.5. The Morgan fingerprint density at radius 1 is 1.55 bits per heavy atom. The van der Waals surface area contributed by atoms with Crippen molar-refractivity contribution in [1.82, 2.24) is 15.6 Å². The smallest absolute Gasteiger partial charge is 0.220 e. The third-order valence-electron chi connectivity index (χ3n) is 4.19. The van der Waals surface area contributed by atoms with Gasteiger partial charge in [-0.25, -0.2) is 4.98 Å². The Balaban J connectivity index is 1.81. The normalized spacial score (nSPS) is 19.5. The Morgan fingerprint density at radius 3 is 2.90 bits per heavy atom. The van der Waals surface area contributed by atoms with E-state index >= 15 is 0 Å². The van der Waals surface area contributed by atoms with E-state index in [1.54, 1.807) is 17.5 Å². The molecule has 2 heterocycles. The fraction of sp³-hybridized carbons (Fsp3) is 0.733. The molecule has 1 aromatic heterocycles. The number of nitrogens with one attached hydrogen (secondary N) is 2. The van der Waals surface area contributed by atoms with Crippen molar-refractivity contribution < 1.29 is 4.79 Å². The molecule has 4 nitrogen and oxygen atoms in total. The van der Waals surface area contributed by atoms with Crippen molar-refractivity contribution in [3.63, 3.8) is 0 Å². The van der Waals surface area contributed by atoms with Crippen LogP contribution < -0.4 is 10.6 Å². The van der Waals surface area contributed by atoms with Crippen LogP contribution in [0, 0.1) is 11.8 Å². The van der Waals surface area contributed by atoms with E-state index in [-0.39, 0.29) is 11.9 Å². The van der Waals surface area contributed by atoms with Crippen LogP contribution in [0.2, 0.25) is 0 Å². The minimum Gasteiger partial charge on any atom is -0.347 e. The molecule has 0 aliphatic carbocycles. The summed E-state index contributed by atoms with van der Waals surface area (Å²) in [6.45, 7) is 6.48. The van der Waals surface area contributed by atoms with Gasteiger partial charge in [-0.15, -0.1) is 11.3 Å². The van der Waals surface area contributed by atoms with E-state index in [1.807, 2.05) is 5.38 Å². The van der Waals surface area contributed by atoms with E-state index in [0.717, 1.165) is 24.5 Å². The van der Waals surface area contributed by atoms with Crippen LogP contribution in [0.15, 0.2) is 11.6 Å². The highest BCUT2D eigenvalue weighted by Gasteiger charge is 2.23. The van der Waals surface area contributed by atoms with Crippen molar-refractivity contribution in [2.75, 3.05) is 13.1 Å². The zero-order valence-electron chi connectivity index (χ0n) is 12.4. The van der Waals surface area contributed by atoms with Crippen LogP contribution in [0.25, 0.3) is 0 Å². The number of amides is 1. The number of carbonyl (C=O) groups is 1. The molecule has 0 saturated carbocycles. The first kappa shape index (κ1) is 15.4. The van der Waals surface area contributed by atoms with Gasteiger partial charge in [0.05, 0.1) is 6.04 Å². The molecule has 0 radical (unpaired) electrons. The van der Waals surface area contributed by atoms with Crippen LogP contribution in [-0.2, 0) is 4.79 Å². The van der Waals surface area contributed by atoms with Crippen molar-refractivity contribution >= 4 is 17.2 Å². The number of aromatic nitrogens is 1. The molecule has 1 fully saturated rings. The maximum atomic E-state index is 12.2. The van der Waals surface area contributed by atoms with Gasteiger partial charge in [-0.05, 0) is 44.2 Å². The van der Waals surface area contributed by atoms with Crippen LogP contribution >= 0.6 is 11.3 Å². The van der Waals surface area contributed by atoms with Gasteiger partial charge in [-0.3, -0.25) is 4.79 Å². The van der Waals surface area contributed by atoms with Crippen molar-refractivity contribution in [2.24, 2.45) is 11.8 Å². The van der Waals surface area contributed by atoms with Crippen LogP contribution in [0.4, 0.5) is 0 Å². The van der Waals surface area contributed by atoms with Crippen molar-refractivity contribution in [1.29, 1.82) is 0 Å². The molecule has 1 amide bonds. The largest absolute Gasteiger partial charge is 0.347 e. The molecule has 5 heteroatoms. The number of carbonyl (C=O) groups excluding carboxylic acids is 1. The van der Waals surface area contributed by atoms with E-state index in [4.69, 9.17) is 0 Å². The maximum Gasteiger partial charge on any atom is 0.220 e. The lowest BCUT2D eigenvalue weighted by Crippen LogP contribution is -2.34. The molecule has 0 aromatic carbocycles. The van der Waals surface area contributed by atoms with Gasteiger partial charge in [0.1, 0.15) is 5.01 Å². The Bertz CT molecular complexity index is 401. The van der Waals surface area contributed by atoms with Gasteiger partial charge in [-0.1, -0.05) is 13.8 Å². The van der Waals surface area contributed by atoms with Crippen LogP contribution in [0.1, 0.15) is 50.6 Å². The van der Waals surface area contributed by atoms with Crippen molar-refractivity contribution in [3.8, 4) is 0 Å². The van der Waals surface area contributed by atoms with Gasteiger partial charge in [0.15, 0.2) is 0 Å². The molecule has 1 aliphatic rings. The summed E-state index contributed by atoms with van der Waals surface area (Å²) < 4.78 is 0. The van der Waals surface area contributed by atoms with Crippen LogP contribution in [0.5, 0.6) is 0 Å². The monoisotopic (exact) mass is 295 g/mol.